The van der Waals surface area contributed by atoms with Crippen LogP contribution in [0.4, 0.5) is 13.2 Å². The Morgan fingerprint density at radius 3 is 2.41 bits per heavy atom. The highest BCUT2D eigenvalue weighted by Crippen LogP contribution is 2.27. The molecule has 0 aliphatic heterocycles. The molecule has 0 bridgehead atoms. The average molecular weight is 385 g/mol. The molecule has 27 heavy (non-hydrogen) atoms. The van der Waals surface area contributed by atoms with Crippen molar-refractivity contribution in [3.05, 3.63) is 22.8 Å². The number of hydrogen-bond acceptors (Lipinski definition) is 4. The topological polar surface area (TPSA) is 72.2 Å². The summed E-state index contributed by atoms with van der Waals surface area (Å²) in [5.41, 5.74) is 1.79. The maximum atomic E-state index is 12.8. The van der Waals surface area contributed by atoms with E-state index in [0.717, 1.165) is 17.4 Å². The third-order valence-corrected chi connectivity index (χ3v) is 4.49. The van der Waals surface area contributed by atoms with Crippen molar-refractivity contribution in [2.24, 2.45) is 5.92 Å². The number of halogens is 3. The van der Waals surface area contributed by atoms with Gasteiger partial charge in [-0.2, -0.15) is 18.2 Å². The van der Waals surface area contributed by atoms with Crippen LogP contribution >= 0.6 is 0 Å². The predicted octanol–water partition coefficient (Wildman–Crippen LogP) is 3.63. The number of amides is 1. The van der Waals surface area contributed by atoms with Gasteiger partial charge in [-0.3, -0.25) is 4.79 Å². The summed E-state index contributed by atoms with van der Waals surface area (Å²) >= 11 is 0. The van der Waals surface area contributed by atoms with Crippen LogP contribution in [0, 0.1) is 19.8 Å². The third kappa shape index (κ3) is 5.40. The number of nitrogens with zero attached hydrogens (tertiary/aromatic N) is 4. The fraction of sp³-hybridized carbons (Fsp3) is 0.667. The van der Waals surface area contributed by atoms with Gasteiger partial charge in [-0.25, -0.2) is 9.50 Å². The number of hydrogen-bond donors (Lipinski definition) is 1. The van der Waals surface area contributed by atoms with Crippen molar-refractivity contribution in [1.82, 2.24) is 24.9 Å². The Morgan fingerprint density at radius 1 is 1.15 bits per heavy atom. The van der Waals surface area contributed by atoms with Crippen molar-refractivity contribution >= 4 is 11.7 Å². The lowest BCUT2D eigenvalue weighted by atomic mass is 10.0. The molecule has 0 aliphatic rings. The average Bonchev–Trinajstić information content (AvgIpc) is 2.97. The summed E-state index contributed by atoms with van der Waals surface area (Å²) in [5.74, 6) is -0.810. The SMILES string of the molecule is Cc1nc2nc(C(F)(F)F)nn2c(C)c1CCC(=O)NC(C)CCC(C)C. The molecular formula is C18H26F3N5O. The highest BCUT2D eigenvalue weighted by atomic mass is 19.4. The second-order valence-corrected chi connectivity index (χ2v) is 7.35. The number of alkyl halides is 3. The van der Waals surface area contributed by atoms with E-state index in [1.807, 2.05) is 6.92 Å². The second-order valence-electron chi connectivity index (χ2n) is 7.35. The number of rotatable bonds is 7. The molecule has 1 N–H and O–H groups in total. The van der Waals surface area contributed by atoms with Gasteiger partial charge >= 0.3 is 6.18 Å². The van der Waals surface area contributed by atoms with Crippen LogP contribution < -0.4 is 5.32 Å². The van der Waals surface area contributed by atoms with E-state index in [1.165, 1.54) is 0 Å². The third-order valence-electron chi connectivity index (χ3n) is 4.49. The summed E-state index contributed by atoms with van der Waals surface area (Å²) in [6.45, 7) is 9.61. The van der Waals surface area contributed by atoms with Crippen LogP contribution in [0.5, 0.6) is 0 Å². The molecule has 2 rings (SSSR count). The predicted molar refractivity (Wildman–Crippen MR) is 95.3 cm³/mol. The summed E-state index contributed by atoms with van der Waals surface area (Å²) in [5, 5.41) is 6.48. The Balaban J connectivity index is 2.09. The Labute approximate surface area is 156 Å². The largest absolute Gasteiger partial charge is 0.453 e. The van der Waals surface area contributed by atoms with Gasteiger partial charge in [-0.15, -0.1) is 5.10 Å². The molecule has 6 nitrogen and oxygen atoms in total. The van der Waals surface area contributed by atoms with Crippen LogP contribution in [0.2, 0.25) is 0 Å². The minimum absolute atomic E-state index is 0.0836. The molecule has 2 heterocycles. The first-order valence-corrected chi connectivity index (χ1v) is 9.08. The maximum absolute atomic E-state index is 12.8. The van der Waals surface area contributed by atoms with E-state index in [0.29, 0.717) is 29.3 Å². The van der Waals surface area contributed by atoms with Crippen LogP contribution in [0.15, 0.2) is 0 Å². The molecule has 2 aromatic heterocycles. The second kappa shape index (κ2) is 8.22. The molecule has 0 fully saturated rings. The molecule has 0 aliphatic carbocycles. The van der Waals surface area contributed by atoms with Crippen LogP contribution in [0.1, 0.15) is 62.8 Å². The van der Waals surface area contributed by atoms with Crippen molar-refractivity contribution in [2.45, 2.75) is 72.5 Å². The van der Waals surface area contributed by atoms with E-state index in [4.69, 9.17) is 0 Å². The Bertz CT molecular complexity index is 813. The van der Waals surface area contributed by atoms with Crippen LogP contribution in [-0.2, 0) is 17.4 Å². The normalized spacial score (nSPS) is 13.4. The number of fused-ring (bicyclic) bond motifs is 1. The monoisotopic (exact) mass is 385 g/mol. The van der Waals surface area contributed by atoms with E-state index in [2.05, 4.69) is 34.2 Å². The van der Waals surface area contributed by atoms with Gasteiger partial charge in [0.2, 0.25) is 5.91 Å². The zero-order chi connectivity index (χ0) is 20.4. The Kier molecular flexibility index (Phi) is 6.43. The van der Waals surface area contributed by atoms with Gasteiger partial charge in [-0.1, -0.05) is 13.8 Å². The van der Waals surface area contributed by atoms with Crippen molar-refractivity contribution in [3.63, 3.8) is 0 Å². The first kappa shape index (κ1) is 21.1. The van der Waals surface area contributed by atoms with Crippen molar-refractivity contribution in [1.29, 1.82) is 0 Å². The van der Waals surface area contributed by atoms with Gasteiger partial charge in [0.25, 0.3) is 11.6 Å². The summed E-state index contributed by atoms with van der Waals surface area (Å²) in [6.07, 6.45) is -2.06. The van der Waals surface area contributed by atoms with Gasteiger partial charge in [0.15, 0.2) is 0 Å². The minimum atomic E-state index is -4.62. The zero-order valence-corrected chi connectivity index (χ0v) is 16.3. The first-order chi connectivity index (χ1) is 12.5. The molecule has 0 radical (unpaired) electrons. The molecule has 9 heteroatoms. The van der Waals surface area contributed by atoms with Crippen molar-refractivity contribution < 1.29 is 18.0 Å². The number of aromatic nitrogens is 4. The number of nitrogens with one attached hydrogen (secondary N) is 1. The van der Waals surface area contributed by atoms with Gasteiger partial charge < -0.3 is 5.32 Å². The van der Waals surface area contributed by atoms with Crippen LogP contribution in [0.25, 0.3) is 5.78 Å². The smallest absolute Gasteiger partial charge is 0.354 e. The van der Waals surface area contributed by atoms with E-state index in [1.54, 1.807) is 13.8 Å². The maximum Gasteiger partial charge on any atom is 0.453 e. The van der Waals surface area contributed by atoms with E-state index in [-0.39, 0.29) is 24.1 Å². The van der Waals surface area contributed by atoms with Crippen molar-refractivity contribution in [3.8, 4) is 0 Å². The molecule has 0 saturated carbocycles. The quantitative estimate of drug-likeness (QED) is 0.790. The van der Waals surface area contributed by atoms with Gasteiger partial charge in [-0.05, 0) is 51.5 Å². The molecule has 1 atom stereocenters. The van der Waals surface area contributed by atoms with E-state index < -0.39 is 12.0 Å². The number of carbonyl (C=O) groups is 1. The Morgan fingerprint density at radius 2 is 1.81 bits per heavy atom. The Hall–Kier alpha value is -2.19. The molecule has 2 aromatic rings. The molecule has 1 unspecified atom stereocenters. The lowest BCUT2D eigenvalue weighted by Gasteiger charge is -2.15. The summed E-state index contributed by atoms with van der Waals surface area (Å²) in [6, 6.07) is 0.0901. The van der Waals surface area contributed by atoms with E-state index >= 15 is 0 Å². The molecular weight excluding hydrogens is 359 g/mol. The van der Waals surface area contributed by atoms with Crippen molar-refractivity contribution in [2.75, 3.05) is 0 Å². The highest BCUT2D eigenvalue weighted by Gasteiger charge is 2.36. The van der Waals surface area contributed by atoms with E-state index in [9.17, 15) is 18.0 Å². The van der Waals surface area contributed by atoms with Gasteiger partial charge in [0, 0.05) is 23.9 Å². The van der Waals surface area contributed by atoms with Crippen LogP contribution in [-0.4, -0.2) is 31.5 Å². The highest BCUT2D eigenvalue weighted by molar-refractivity contribution is 5.76. The van der Waals surface area contributed by atoms with Gasteiger partial charge in [0.1, 0.15) is 0 Å². The summed E-state index contributed by atoms with van der Waals surface area (Å²) in [7, 11) is 0. The summed E-state index contributed by atoms with van der Waals surface area (Å²) in [4.78, 5) is 19.7. The lowest BCUT2D eigenvalue weighted by Crippen LogP contribution is -2.33. The molecule has 1 amide bonds. The zero-order valence-electron chi connectivity index (χ0n) is 16.3. The number of carbonyl (C=O) groups excluding carboxylic acids is 1. The fourth-order valence-corrected chi connectivity index (χ4v) is 2.93. The summed E-state index contributed by atoms with van der Waals surface area (Å²) < 4.78 is 39.6. The lowest BCUT2D eigenvalue weighted by molar-refractivity contribution is -0.144. The minimum Gasteiger partial charge on any atom is -0.354 e. The van der Waals surface area contributed by atoms with Gasteiger partial charge in [0.05, 0.1) is 0 Å². The standard InChI is InChI=1S/C18H26F3N5O/c1-10(2)6-7-11(3)22-15(27)9-8-14-12(4)23-17-24-16(18(19,20)21)25-26(17)13(14)5/h10-11H,6-9H2,1-5H3,(H,22,27). The fourth-order valence-electron chi connectivity index (χ4n) is 2.93. The molecule has 0 spiro atoms. The number of aryl methyl sites for hydroxylation is 2. The molecule has 0 aromatic carbocycles. The molecule has 150 valence electrons. The first-order valence-electron chi connectivity index (χ1n) is 9.08. The molecule has 0 saturated heterocycles. The van der Waals surface area contributed by atoms with Crippen LogP contribution in [0.3, 0.4) is 0 Å².